The van der Waals surface area contributed by atoms with Gasteiger partial charge >= 0.3 is 0 Å². The SMILES string of the molecule is Cc1cc2c(cc(C)c3nc(-c4ccccc4)c(-c4ccccc4)nc32)c2nc(-c3ccccc3)c(-c3ccccc3)nc12. The van der Waals surface area contributed by atoms with E-state index in [9.17, 15) is 0 Å². The molecule has 0 N–H and O–H groups in total. The Kier molecular flexibility index (Phi) is 6.20. The van der Waals surface area contributed by atoms with Gasteiger partial charge in [-0.1, -0.05) is 121 Å². The van der Waals surface area contributed by atoms with Gasteiger partial charge in [0.05, 0.1) is 44.8 Å². The molecular weight excluding hydrogens is 536 g/mol. The number of rotatable bonds is 4. The molecule has 8 aromatic rings. The van der Waals surface area contributed by atoms with E-state index in [2.05, 4.69) is 74.5 Å². The molecule has 0 saturated heterocycles. The van der Waals surface area contributed by atoms with Crippen LogP contribution in [0.3, 0.4) is 0 Å². The fourth-order valence-electron chi connectivity index (χ4n) is 6.10. The summed E-state index contributed by atoms with van der Waals surface area (Å²) in [7, 11) is 0. The summed E-state index contributed by atoms with van der Waals surface area (Å²) in [4.78, 5) is 21.4. The Morgan fingerprint density at radius 1 is 0.318 bits per heavy atom. The highest BCUT2D eigenvalue weighted by Crippen LogP contribution is 2.39. The summed E-state index contributed by atoms with van der Waals surface area (Å²) in [6.07, 6.45) is 0. The fraction of sp³-hybridized carbons (Fsp3) is 0.0500. The summed E-state index contributed by atoms with van der Waals surface area (Å²) < 4.78 is 0. The number of hydrogen-bond donors (Lipinski definition) is 0. The predicted molar refractivity (Wildman–Crippen MR) is 181 cm³/mol. The molecule has 0 aliphatic heterocycles. The summed E-state index contributed by atoms with van der Waals surface area (Å²) in [5, 5.41) is 2.06. The predicted octanol–water partition coefficient (Wildman–Crippen LogP) is 10.0. The van der Waals surface area contributed by atoms with Crippen LogP contribution in [0.5, 0.6) is 0 Å². The van der Waals surface area contributed by atoms with E-state index in [1.165, 1.54) is 0 Å². The number of aryl methyl sites for hydroxylation is 2. The van der Waals surface area contributed by atoms with Crippen LogP contribution < -0.4 is 0 Å². The topological polar surface area (TPSA) is 51.6 Å². The van der Waals surface area contributed by atoms with Crippen molar-refractivity contribution in [2.75, 3.05) is 0 Å². The van der Waals surface area contributed by atoms with Crippen molar-refractivity contribution in [3.8, 4) is 45.0 Å². The number of nitrogens with zero attached hydrogens (tertiary/aromatic N) is 4. The maximum atomic E-state index is 5.39. The third-order valence-corrected chi connectivity index (χ3v) is 8.25. The molecule has 0 amide bonds. The lowest BCUT2D eigenvalue weighted by Crippen LogP contribution is -2.01. The molecule has 4 heteroatoms. The molecule has 44 heavy (non-hydrogen) atoms. The highest BCUT2D eigenvalue weighted by molar-refractivity contribution is 6.16. The maximum Gasteiger partial charge on any atom is 0.0976 e. The average Bonchev–Trinajstić information content (AvgIpc) is 3.09. The number of benzene rings is 6. The summed E-state index contributed by atoms with van der Waals surface area (Å²) in [5.41, 5.74) is 13.3. The summed E-state index contributed by atoms with van der Waals surface area (Å²) in [5.74, 6) is 0. The van der Waals surface area contributed by atoms with E-state index in [4.69, 9.17) is 19.9 Å². The summed E-state index contributed by atoms with van der Waals surface area (Å²) >= 11 is 0. The van der Waals surface area contributed by atoms with E-state index >= 15 is 0 Å². The zero-order valence-corrected chi connectivity index (χ0v) is 24.5. The molecule has 0 spiro atoms. The van der Waals surface area contributed by atoms with Crippen LogP contribution in [0, 0.1) is 13.8 Å². The molecule has 0 aliphatic rings. The molecule has 4 nitrogen and oxygen atoms in total. The highest BCUT2D eigenvalue weighted by atomic mass is 14.9. The van der Waals surface area contributed by atoms with Gasteiger partial charge in [-0.05, 0) is 37.1 Å². The van der Waals surface area contributed by atoms with Gasteiger partial charge < -0.3 is 0 Å². The molecule has 0 unspecified atom stereocenters. The van der Waals surface area contributed by atoms with Crippen LogP contribution in [0.4, 0.5) is 0 Å². The molecule has 2 heterocycles. The van der Waals surface area contributed by atoms with Crippen LogP contribution in [0.2, 0.25) is 0 Å². The van der Waals surface area contributed by atoms with Crippen LogP contribution in [0.15, 0.2) is 133 Å². The largest absolute Gasteiger partial charge is 0.244 e. The Bertz CT molecular complexity index is 2150. The standard InChI is InChI=1S/C40H28N4/c1-25-23-31-32(39-33(25)41-35(27-15-7-3-8-16-27)37(43-39)29-19-11-5-12-20-29)24-26(2)34-40(31)44-38(30-21-13-6-14-22-30)36(42-34)28-17-9-4-10-18-28/h3-24H,1-2H3. The Morgan fingerprint density at radius 3 is 0.841 bits per heavy atom. The van der Waals surface area contributed by atoms with Crippen molar-refractivity contribution in [3.05, 3.63) is 145 Å². The minimum Gasteiger partial charge on any atom is -0.244 e. The average molecular weight is 565 g/mol. The van der Waals surface area contributed by atoms with Crippen LogP contribution in [0.1, 0.15) is 11.1 Å². The third kappa shape index (κ3) is 4.31. The number of aromatic nitrogens is 4. The van der Waals surface area contributed by atoms with Crippen molar-refractivity contribution in [2.24, 2.45) is 0 Å². The fourth-order valence-corrected chi connectivity index (χ4v) is 6.10. The summed E-state index contributed by atoms with van der Waals surface area (Å²) in [6.45, 7) is 4.23. The zero-order chi connectivity index (χ0) is 29.6. The van der Waals surface area contributed by atoms with Gasteiger partial charge in [0.2, 0.25) is 0 Å². The van der Waals surface area contributed by atoms with E-state index in [-0.39, 0.29) is 0 Å². The minimum absolute atomic E-state index is 0.865. The van der Waals surface area contributed by atoms with Gasteiger partial charge in [0.1, 0.15) is 0 Å². The lowest BCUT2D eigenvalue weighted by molar-refractivity contribution is 1.27. The Morgan fingerprint density at radius 2 is 0.568 bits per heavy atom. The van der Waals surface area contributed by atoms with E-state index in [0.29, 0.717) is 0 Å². The minimum atomic E-state index is 0.865. The smallest absolute Gasteiger partial charge is 0.0976 e. The van der Waals surface area contributed by atoms with Crippen molar-refractivity contribution in [3.63, 3.8) is 0 Å². The van der Waals surface area contributed by atoms with Gasteiger partial charge in [0.25, 0.3) is 0 Å². The van der Waals surface area contributed by atoms with E-state index in [1.54, 1.807) is 0 Å². The lowest BCUT2D eigenvalue weighted by Gasteiger charge is -2.16. The van der Waals surface area contributed by atoms with Gasteiger partial charge in [-0.2, -0.15) is 0 Å². The maximum absolute atomic E-state index is 5.39. The second kappa shape index (κ2) is 10.5. The van der Waals surface area contributed by atoms with Crippen molar-refractivity contribution in [2.45, 2.75) is 13.8 Å². The molecule has 2 aromatic heterocycles. The normalized spacial score (nSPS) is 11.4. The first-order valence-electron chi connectivity index (χ1n) is 14.8. The molecule has 0 bridgehead atoms. The molecule has 8 rings (SSSR count). The van der Waals surface area contributed by atoms with Gasteiger partial charge in [0.15, 0.2) is 0 Å². The second-order valence-electron chi connectivity index (χ2n) is 11.2. The Balaban J connectivity index is 1.48. The molecule has 0 fully saturated rings. The first-order valence-corrected chi connectivity index (χ1v) is 14.8. The van der Waals surface area contributed by atoms with Crippen LogP contribution in [0.25, 0.3) is 77.9 Å². The second-order valence-corrected chi connectivity index (χ2v) is 11.2. The molecule has 0 atom stereocenters. The molecular formula is C40H28N4. The Labute approximate surface area is 255 Å². The van der Waals surface area contributed by atoms with Crippen molar-refractivity contribution in [1.29, 1.82) is 0 Å². The highest BCUT2D eigenvalue weighted by Gasteiger charge is 2.20. The van der Waals surface area contributed by atoms with Crippen molar-refractivity contribution >= 4 is 32.8 Å². The monoisotopic (exact) mass is 564 g/mol. The van der Waals surface area contributed by atoms with E-state index < -0.39 is 0 Å². The first kappa shape index (κ1) is 25.9. The number of hydrogen-bond acceptors (Lipinski definition) is 4. The van der Waals surface area contributed by atoms with Gasteiger partial charge in [-0.3, -0.25) is 0 Å². The van der Waals surface area contributed by atoms with E-state index in [0.717, 1.165) is 89.0 Å². The van der Waals surface area contributed by atoms with E-state index in [1.807, 2.05) is 72.8 Å². The van der Waals surface area contributed by atoms with Crippen molar-refractivity contribution < 1.29 is 0 Å². The van der Waals surface area contributed by atoms with Crippen LogP contribution in [-0.4, -0.2) is 19.9 Å². The van der Waals surface area contributed by atoms with Crippen LogP contribution in [-0.2, 0) is 0 Å². The molecule has 0 radical (unpaired) electrons. The van der Waals surface area contributed by atoms with Crippen LogP contribution >= 0.6 is 0 Å². The van der Waals surface area contributed by atoms with Gasteiger partial charge in [0, 0.05) is 33.0 Å². The zero-order valence-electron chi connectivity index (χ0n) is 24.5. The third-order valence-electron chi connectivity index (χ3n) is 8.25. The summed E-state index contributed by atoms with van der Waals surface area (Å²) in [6, 6.07) is 45.7. The Hall–Kier alpha value is -5.74. The molecule has 0 saturated carbocycles. The molecule has 0 aliphatic carbocycles. The van der Waals surface area contributed by atoms with Gasteiger partial charge in [-0.25, -0.2) is 19.9 Å². The quantitative estimate of drug-likeness (QED) is 0.200. The van der Waals surface area contributed by atoms with Crippen molar-refractivity contribution in [1.82, 2.24) is 19.9 Å². The van der Waals surface area contributed by atoms with Gasteiger partial charge in [-0.15, -0.1) is 0 Å². The first-order chi connectivity index (χ1) is 21.7. The lowest BCUT2D eigenvalue weighted by atomic mass is 9.97. The molecule has 208 valence electrons. The number of fused-ring (bicyclic) bond motifs is 5. The molecule has 6 aromatic carbocycles.